The quantitative estimate of drug-likeness (QED) is 0.487. The van der Waals surface area contributed by atoms with E-state index in [0.717, 1.165) is 7.11 Å². The molecule has 1 aromatic carbocycles. The number of ether oxygens (including phenoxy) is 1. The van der Waals surface area contributed by atoms with Gasteiger partial charge in [0.25, 0.3) is 0 Å². The number of carbonyl (C=O) groups excluding carboxylic acids is 3. The summed E-state index contributed by atoms with van der Waals surface area (Å²) in [5.41, 5.74) is 0.613. The summed E-state index contributed by atoms with van der Waals surface area (Å²) in [6.45, 7) is 0. The van der Waals surface area contributed by atoms with Crippen molar-refractivity contribution in [1.29, 1.82) is 0 Å². The number of carboxylic acids is 1. The number of esters is 1. The van der Waals surface area contributed by atoms with Crippen molar-refractivity contribution in [2.45, 2.75) is 31.1 Å². The number of alkyl halides is 3. The van der Waals surface area contributed by atoms with Gasteiger partial charge in [-0.05, 0) is 5.56 Å². The lowest BCUT2D eigenvalue weighted by Crippen LogP contribution is -2.55. The number of methoxy groups -OCH3 is 1. The molecule has 0 bridgehead atoms. The molecule has 0 radical (unpaired) electrons. The number of nitrogens with one attached hydrogen (secondary N) is 2. The normalized spacial score (nSPS) is 12.7. The van der Waals surface area contributed by atoms with E-state index < -0.39 is 48.4 Å². The summed E-state index contributed by atoms with van der Waals surface area (Å²) in [5.74, 6) is -6.23. The van der Waals surface area contributed by atoms with E-state index in [2.05, 4.69) is 10.1 Å². The molecule has 0 saturated carbocycles. The lowest BCUT2D eigenvalue weighted by molar-refractivity contribution is -0.175. The first-order valence-electron chi connectivity index (χ1n) is 7.56. The molecule has 0 aliphatic carbocycles. The van der Waals surface area contributed by atoms with Crippen LogP contribution in [0.25, 0.3) is 0 Å². The first-order valence-corrected chi connectivity index (χ1v) is 7.56. The van der Waals surface area contributed by atoms with Gasteiger partial charge >= 0.3 is 24.0 Å². The van der Waals surface area contributed by atoms with Gasteiger partial charge < -0.3 is 20.5 Å². The maximum absolute atomic E-state index is 12.4. The summed E-state index contributed by atoms with van der Waals surface area (Å²) >= 11 is 0. The van der Waals surface area contributed by atoms with Crippen molar-refractivity contribution in [3.8, 4) is 0 Å². The Balaban J connectivity index is 0.00000729. The molecular weight excluding hydrogens is 453 g/mol. The Morgan fingerprint density at radius 2 is 1.64 bits per heavy atom. The largest absolute Gasteiger partial charge is 0.481 e. The van der Waals surface area contributed by atoms with E-state index in [-0.39, 0.29) is 23.4 Å². The molecule has 2 atom stereocenters. The molecule has 0 heterocycles. The van der Waals surface area contributed by atoms with Crippen molar-refractivity contribution in [2.75, 3.05) is 7.11 Å². The van der Waals surface area contributed by atoms with E-state index >= 15 is 0 Å². The monoisotopic (exact) mass is 470 g/mol. The van der Waals surface area contributed by atoms with Crippen molar-refractivity contribution in [3.05, 3.63) is 35.9 Å². The molecule has 2 unspecified atom stereocenters. The smallest absolute Gasteiger partial charge is 0.471 e. The number of hydrogen-bond acceptors (Lipinski definition) is 5. The molecule has 1 rings (SSSR count). The minimum Gasteiger partial charge on any atom is -0.481 e. The van der Waals surface area contributed by atoms with Crippen LogP contribution in [-0.2, 0) is 30.3 Å². The first kappa shape index (κ1) is 25.4. The Morgan fingerprint density at radius 3 is 2.11 bits per heavy atom. The zero-order chi connectivity index (χ0) is 20.6. The molecule has 156 valence electrons. The second kappa shape index (κ2) is 11.3. The number of benzene rings is 1. The molecule has 0 aliphatic rings. The number of rotatable bonds is 8. The molecule has 0 fully saturated rings. The Labute approximate surface area is 168 Å². The van der Waals surface area contributed by atoms with Gasteiger partial charge in [-0.3, -0.25) is 14.4 Å². The molecule has 3 N–H and O–H groups in total. The van der Waals surface area contributed by atoms with Gasteiger partial charge in [0.05, 0.1) is 13.5 Å². The van der Waals surface area contributed by atoms with Crippen molar-refractivity contribution in [1.82, 2.24) is 10.6 Å². The highest BCUT2D eigenvalue weighted by Gasteiger charge is 2.41. The number of aliphatic carboxylic acids is 1. The van der Waals surface area contributed by atoms with Crippen molar-refractivity contribution >= 4 is 40.7 Å². The van der Waals surface area contributed by atoms with Gasteiger partial charge in [0.1, 0.15) is 12.1 Å². The fourth-order valence-corrected chi connectivity index (χ4v) is 2.08. The van der Waals surface area contributed by atoms with Crippen LogP contribution in [-0.4, -0.2) is 54.2 Å². The number of halogens is 4. The summed E-state index contributed by atoms with van der Waals surface area (Å²) in [7, 11) is 1.05. The fraction of sp³-hybridized carbons (Fsp3) is 0.375. The number of hydrogen-bond donors (Lipinski definition) is 3. The maximum Gasteiger partial charge on any atom is 0.471 e. The predicted octanol–water partition coefficient (Wildman–Crippen LogP) is 0.987. The van der Waals surface area contributed by atoms with Gasteiger partial charge in [-0.15, -0.1) is 17.0 Å². The average molecular weight is 471 g/mol. The lowest BCUT2D eigenvalue weighted by Gasteiger charge is -2.21. The molecule has 1 aromatic rings. The van der Waals surface area contributed by atoms with Gasteiger partial charge in [0.15, 0.2) is 0 Å². The molecule has 12 heteroatoms. The van der Waals surface area contributed by atoms with Crippen molar-refractivity contribution < 1.29 is 42.2 Å². The standard InChI is InChI=1S/C16H17F3N2O6.BrH/c1-27-14(25)11(7-9-5-3-2-4-6-9)20-13(24)10(8-12(22)23)21-15(26)16(17,18)19;/h2-6,10-11H,7-8H2,1H3,(H,20,24)(H,21,26)(H,22,23);1H. The van der Waals surface area contributed by atoms with E-state index in [1.165, 1.54) is 5.32 Å². The third kappa shape index (κ3) is 8.37. The van der Waals surface area contributed by atoms with Gasteiger partial charge in [0, 0.05) is 6.42 Å². The van der Waals surface area contributed by atoms with Gasteiger partial charge in [-0.2, -0.15) is 13.2 Å². The Kier molecular flexibility index (Phi) is 10.2. The molecule has 2 amide bonds. The van der Waals surface area contributed by atoms with Crippen LogP contribution in [0.2, 0.25) is 0 Å². The Bertz CT molecular complexity index is 699. The zero-order valence-corrected chi connectivity index (χ0v) is 16.2. The summed E-state index contributed by atoms with van der Waals surface area (Å²) < 4.78 is 41.7. The Hall–Kier alpha value is -2.63. The van der Waals surface area contributed by atoms with Crippen LogP contribution in [0.15, 0.2) is 30.3 Å². The molecule has 0 aliphatic heterocycles. The van der Waals surface area contributed by atoms with E-state index in [1.807, 2.05) is 0 Å². The van der Waals surface area contributed by atoms with E-state index in [4.69, 9.17) is 5.11 Å². The van der Waals surface area contributed by atoms with E-state index in [0.29, 0.717) is 5.56 Å². The SMILES string of the molecule is Br.COC(=O)C(Cc1ccccc1)NC(=O)C(CC(=O)O)NC(=O)C(F)(F)F. The van der Waals surface area contributed by atoms with Crippen LogP contribution in [0, 0.1) is 0 Å². The van der Waals surface area contributed by atoms with Crippen LogP contribution in [0.1, 0.15) is 12.0 Å². The molecule has 8 nitrogen and oxygen atoms in total. The van der Waals surface area contributed by atoms with E-state index in [1.54, 1.807) is 30.3 Å². The molecule has 0 spiro atoms. The minimum absolute atomic E-state index is 0. The summed E-state index contributed by atoms with van der Waals surface area (Å²) in [6, 6.07) is 5.02. The zero-order valence-electron chi connectivity index (χ0n) is 14.5. The molecule has 0 saturated heterocycles. The minimum atomic E-state index is -5.30. The van der Waals surface area contributed by atoms with Crippen molar-refractivity contribution in [2.24, 2.45) is 0 Å². The number of carboxylic acid groups (broad SMARTS) is 1. The van der Waals surface area contributed by atoms with Crippen LogP contribution < -0.4 is 10.6 Å². The van der Waals surface area contributed by atoms with Crippen molar-refractivity contribution in [3.63, 3.8) is 0 Å². The average Bonchev–Trinajstić information content (AvgIpc) is 2.59. The van der Waals surface area contributed by atoms with Gasteiger partial charge in [-0.25, -0.2) is 4.79 Å². The van der Waals surface area contributed by atoms with Gasteiger partial charge in [0.2, 0.25) is 5.91 Å². The van der Waals surface area contributed by atoms with Crippen LogP contribution in [0.3, 0.4) is 0 Å². The molecule has 28 heavy (non-hydrogen) atoms. The highest BCUT2D eigenvalue weighted by Crippen LogP contribution is 2.15. The van der Waals surface area contributed by atoms with Crippen LogP contribution in [0.4, 0.5) is 13.2 Å². The highest BCUT2D eigenvalue weighted by molar-refractivity contribution is 8.93. The van der Waals surface area contributed by atoms with Crippen LogP contribution in [0.5, 0.6) is 0 Å². The fourth-order valence-electron chi connectivity index (χ4n) is 2.08. The first-order chi connectivity index (χ1) is 12.5. The topological polar surface area (TPSA) is 122 Å². The summed E-state index contributed by atoms with van der Waals surface area (Å²) in [6.07, 6.45) is -6.46. The van der Waals surface area contributed by atoms with Crippen LogP contribution >= 0.6 is 17.0 Å². The second-order valence-corrected chi connectivity index (χ2v) is 5.40. The molecular formula is C16H18BrF3N2O6. The third-order valence-electron chi connectivity index (χ3n) is 3.34. The van der Waals surface area contributed by atoms with Gasteiger partial charge in [-0.1, -0.05) is 30.3 Å². The molecule has 0 aromatic heterocycles. The Morgan fingerprint density at radius 1 is 1.07 bits per heavy atom. The number of amides is 2. The summed E-state index contributed by atoms with van der Waals surface area (Å²) in [4.78, 5) is 45.9. The summed E-state index contributed by atoms with van der Waals surface area (Å²) in [5, 5.41) is 12.2. The van der Waals surface area contributed by atoms with E-state index in [9.17, 15) is 32.3 Å². The predicted molar refractivity (Wildman–Crippen MR) is 94.7 cm³/mol. The lowest BCUT2D eigenvalue weighted by atomic mass is 10.0. The maximum atomic E-state index is 12.4. The third-order valence-corrected chi connectivity index (χ3v) is 3.34. The highest BCUT2D eigenvalue weighted by atomic mass is 79.9. The number of carbonyl (C=O) groups is 4. The second-order valence-electron chi connectivity index (χ2n) is 5.40.